The largest absolute Gasteiger partial charge is 0.310 e. The summed E-state index contributed by atoms with van der Waals surface area (Å²) in [7, 11) is 0. The summed E-state index contributed by atoms with van der Waals surface area (Å²) in [4.78, 5) is 7.39. The third kappa shape index (κ3) is 4.81. The van der Waals surface area contributed by atoms with E-state index in [0.29, 0.717) is 0 Å². The van der Waals surface area contributed by atoms with E-state index in [4.69, 9.17) is 4.98 Å². The lowest BCUT2D eigenvalue weighted by Crippen LogP contribution is -2.09. The van der Waals surface area contributed by atoms with Crippen LogP contribution in [-0.2, 0) is 6.42 Å². The Morgan fingerprint density at radius 2 is 1.00 bits per heavy atom. The molecule has 222 valence electrons. The lowest BCUT2D eigenvalue weighted by molar-refractivity contribution is 1.10. The van der Waals surface area contributed by atoms with Gasteiger partial charge in [0.2, 0.25) is 0 Å². The van der Waals surface area contributed by atoms with Crippen molar-refractivity contribution in [3.05, 3.63) is 187 Å². The molecule has 0 aliphatic heterocycles. The Bertz CT molecular complexity index is 2320. The Morgan fingerprint density at radius 3 is 1.70 bits per heavy atom. The summed E-state index contributed by atoms with van der Waals surface area (Å²) in [5.74, 6) is 0.948. The Kier molecular flexibility index (Phi) is 6.53. The van der Waals surface area contributed by atoms with Gasteiger partial charge in [0.25, 0.3) is 0 Å². The summed E-state index contributed by atoms with van der Waals surface area (Å²) in [6, 6.07) is 62.7. The lowest BCUT2D eigenvalue weighted by Gasteiger charge is -2.26. The molecule has 1 aliphatic rings. The zero-order valence-electron chi connectivity index (χ0n) is 25.8. The number of benzene rings is 7. The van der Waals surface area contributed by atoms with Crippen LogP contribution in [0.4, 0.5) is 17.1 Å². The molecule has 1 aromatic heterocycles. The monoisotopic (exact) mass is 601 g/mol. The standard InChI is InChI=1S/C44H31N3/c1-4-12-36(13-5-1)46(37-14-6-2-7-15-37)39-25-27-41-35(30-39)29-34-28-33(24-26-40(34)41)31-20-22-32(23-21-31)44-45-42-18-10-11-19-43(42)47(44)38-16-8-3-9-17-38/h1-28,30H,29H2. The molecule has 0 amide bonds. The third-order valence-corrected chi connectivity index (χ3v) is 9.20. The SMILES string of the molecule is c1ccc(N(c2ccccc2)c2ccc3c(c2)Cc2cc(-c4ccc(-c5nc6ccccc6n5-c5ccccc5)cc4)ccc2-3)cc1. The summed E-state index contributed by atoms with van der Waals surface area (Å²) < 4.78 is 2.25. The number of imidazole rings is 1. The van der Waals surface area contributed by atoms with Crippen LogP contribution >= 0.6 is 0 Å². The number of hydrogen-bond acceptors (Lipinski definition) is 2. The second-order valence-electron chi connectivity index (χ2n) is 12.1. The summed E-state index contributed by atoms with van der Waals surface area (Å²) in [6.45, 7) is 0. The number of anilines is 3. The van der Waals surface area contributed by atoms with Crippen LogP contribution in [-0.4, -0.2) is 9.55 Å². The summed E-state index contributed by atoms with van der Waals surface area (Å²) in [5, 5.41) is 0. The van der Waals surface area contributed by atoms with Gasteiger partial charge in [-0.2, -0.15) is 0 Å². The van der Waals surface area contributed by atoms with Crippen molar-refractivity contribution in [2.45, 2.75) is 6.42 Å². The van der Waals surface area contributed by atoms with E-state index in [9.17, 15) is 0 Å². The van der Waals surface area contributed by atoms with E-state index in [0.717, 1.165) is 45.9 Å². The molecular formula is C44H31N3. The molecule has 0 unspecified atom stereocenters. The molecular weight excluding hydrogens is 571 g/mol. The van der Waals surface area contributed by atoms with Crippen molar-refractivity contribution in [1.82, 2.24) is 9.55 Å². The maximum absolute atomic E-state index is 5.05. The van der Waals surface area contributed by atoms with Crippen molar-refractivity contribution in [3.63, 3.8) is 0 Å². The normalized spacial score (nSPS) is 11.7. The maximum Gasteiger partial charge on any atom is 0.145 e. The second-order valence-corrected chi connectivity index (χ2v) is 12.1. The first-order valence-electron chi connectivity index (χ1n) is 16.1. The van der Waals surface area contributed by atoms with Gasteiger partial charge in [-0.15, -0.1) is 0 Å². The third-order valence-electron chi connectivity index (χ3n) is 9.20. The molecule has 0 bridgehead atoms. The van der Waals surface area contributed by atoms with Crippen molar-refractivity contribution < 1.29 is 0 Å². The minimum absolute atomic E-state index is 0.920. The first-order valence-corrected chi connectivity index (χ1v) is 16.1. The summed E-state index contributed by atoms with van der Waals surface area (Å²) in [5.41, 5.74) is 15.6. The molecule has 47 heavy (non-hydrogen) atoms. The second kappa shape index (κ2) is 11.3. The number of nitrogens with zero attached hydrogens (tertiary/aromatic N) is 3. The molecule has 7 aromatic carbocycles. The molecule has 1 aliphatic carbocycles. The minimum Gasteiger partial charge on any atom is -0.310 e. The van der Waals surface area contributed by atoms with Gasteiger partial charge >= 0.3 is 0 Å². The van der Waals surface area contributed by atoms with Crippen molar-refractivity contribution in [1.29, 1.82) is 0 Å². The van der Waals surface area contributed by atoms with Gasteiger partial charge in [0.15, 0.2) is 0 Å². The Balaban J connectivity index is 1.03. The highest BCUT2D eigenvalue weighted by Gasteiger charge is 2.22. The fourth-order valence-corrected chi connectivity index (χ4v) is 6.99. The van der Waals surface area contributed by atoms with Gasteiger partial charge in [-0.1, -0.05) is 115 Å². The minimum atomic E-state index is 0.920. The summed E-state index contributed by atoms with van der Waals surface area (Å²) >= 11 is 0. The predicted molar refractivity (Wildman–Crippen MR) is 195 cm³/mol. The molecule has 8 aromatic rings. The van der Waals surface area contributed by atoms with Crippen LogP contribution in [0.15, 0.2) is 176 Å². The fourth-order valence-electron chi connectivity index (χ4n) is 6.99. The van der Waals surface area contributed by atoms with Crippen LogP contribution in [0.3, 0.4) is 0 Å². The number of rotatable bonds is 6. The Hall–Kier alpha value is -6.19. The topological polar surface area (TPSA) is 21.1 Å². The first-order chi connectivity index (χ1) is 23.3. The number of aromatic nitrogens is 2. The fraction of sp³-hybridized carbons (Fsp3) is 0.0227. The summed E-state index contributed by atoms with van der Waals surface area (Å²) in [6.07, 6.45) is 0.920. The van der Waals surface area contributed by atoms with Gasteiger partial charge in [-0.25, -0.2) is 4.98 Å². The van der Waals surface area contributed by atoms with Crippen LogP contribution in [0.1, 0.15) is 11.1 Å². The molecule has 0 saturated heterocycles. The van der Waals surface area contributed by atoms with Gasteiger partial charge in [0, 0.05) is 28.3 Å². The Morgan fingerprint density at radius 1 is 0.447 bits per heavy atom. The van der Waals surface area contributed by atoms with Crippen LogP contribution < -0.4 is 4.90 Å². The highest BCUT2D eigenvalue weighted by Crippen LogP contribution is 2.43. The zero-order valence-corrected chi connectivity index (χ0v) is 25.8. The van der Waals surface area contributed by atoms with E-state index >= 15 is 0 Å². The van der Waals surface area contributed by atoms with Crippen LogP contribution in [0.5, 0.6) is 0 Å². The molecule has 1 heterocycles. The van der Waals surface area contributed by atoms with Gasteiger partial charge in [-0.3, -0.25) is 4.57 Å². The van der Waals surface area contributed by atoms with E-state index in [1.54, 1.807) is 0 Å². The highest BCUT2D eigenvalue weighted by atomic mass is 15.1. The van der Waals surface area contributed by atoms with Crippen LogP contribution in [0, 0.1) is 0 Å². The van der Waals surface area contributed by atoms with Crippen molar-refractivity contribution >= 4 is 28.1 Å². The van der Waals surface area contributed by atoms with E-state index in [-0.39, 0.29) is 0 Å². The molecule has 3 heteroatoms. The molecule has 0 spiro atoms. The molecule has 9 rings (SSSR count). The van der Waals surface area contributed by atoms with E-state index in [1.165, 1.54) is 39.1 Å². The van der Waals surface area contributed by atoms with Gasteiger partial charge in [0.05, 0.1) is 11.0 Å². The quantitative estimate of drug-likeness (QED) is 0.189. The number of para-hydroxylation sites is 5. The van der Waals surface area contributed by atoms with E-state index < -0.39 is 0 Å². The van der Waals surface area contributed by atoms with Crippen molar-refractivity contribution in [2.24, 2.45) is 0 Å². The van der Waals surface area contributed by atoms with Crippen molar-refractivity contribution in [2.75, 3.05) is 4.90 Å². The highest BCUT2D eigenvalue weighted by molar-refractivity contribution is 5.86. The molecule has 3 nitrogen and oxygen atoms in total. The van der Waals surface area contributed by atoms with Gasteiger partial charge < -0.3 is 4.90 Å². The molecule has 0 N–H and O–H groups in total. The van der Waals surface area contributed by atoms with E-state index in [2.05, 4.69) is 179 Å². The first kappa shape index (κ1) is 27.1. The zero-order chi connectivity index (χ0) is 31.2. The molecule has 0 saturated carbocycles. The molecule has 0 atom stereocenters. The molecule has 0 fully saturated rings. The number of hydrogen-bond donors (Lipinski definition) is 0. The van der Waals surface area contributed by atoms with Crippen LogP contribution in [0.25, 0.3) is 50.4 Å². The smallest absolute Gasteiger partial charge is 0.145 e. The van der Waals surface area contributed by atoms with Crippen LogP contribution in [0.2, 0.25) is 0 Å². The predicted octanol–water partition coefficient (Wildman–Crippen LogP) is 11.4. The van der Waals surface area contributed by atoms with Crippen molar-refractivity contribution in [3.8, 4) is 39.3 Å². The average Bonchev–Trinajstić information content (AvgIpc) is 3.71. The maximum atomic E-state index is 5.05. The van der Waals surface area contributed by atoms with Gasteiger partial charge in [0.1, 0.15) is 5.82 Å². The lowest BCUT2D eigenvalue weighted by atomic mass is 9.98. The van der Waals surface area contributed by atoms with Gasteiger partial charge in [-0.05, 0) is 100 Å². The Labute approximate surface area is 274 Å². The van der Waals surface area contributed by atoms with E-state index in [1.807, 2.05) is 6.07 Å². The average molecular weight is 602 g/mol. The number of fused-ring (bicyclic) bond motifs is 4. The molecule has 0 radical (unpaired) electrons.